The second kappa shape index (κ2) is 7.31. The van der Waals surface area contributed by atoms with Gasteiger partial charge in [0, 0.05) is 7.05 Å². The van der Waals surface area contributed by atoms with Crippen LogP contribution in [0.2, 0.25) is 0 Å². The number of esters is 1. The Morgan fingerprint density at radius 3 is 2.79 bits per heavy atom. The molecule has 0 fully saturated rings. The van der Waals surface area contributed by atoms with Crippen LogP contribution in [0.15, 0.2) is 5.16 Å². The van der Waals surface area contributed by atoms with Gasteiger partial charge in [0.1, 0.15) is 6.54 Å². The van der Waals surface area contributed by atoms with Crippen molar-refractivity contribution in [1.82, 2.24) is 30.8 Å². The van der Waals surface area contributed by atoms with Gasteiger partial charge in [-0.05, 0) is 10.4 Å². The van der Waals surface area contributed by atoms with Crippen LogP contribution in [-0.2, 0) is 20.9 Å². The Morgan fingerprint density at radius 2 is 2.16 bits per heavy atom. The van der Waals surface area contributed by atoms with Gasteiger partial charge in [-0.15, -0.1) is 5.10 Å². The van der Waals surface area contributed by atoms with Gasteiger partial charge in [0.25, 0.3) is 0 Å². The van der Waals surface area contributed by atoms with Crippen molar-refractivity contribution < 1.29 is 19.1 Å². The van der Waals surface area contributed by atoms with Crippen molar-refractivity contribution in [3.63, 3.8) is 0 Å². The van der Waals surface area contributed by atoms with Crippen molar-refractivity contribution in [2.45, 2.75) is 11.7 Å². The molecule has 0 atom stereocenters. The third kappa shape index (κ3) is 4.91. The van der Waals surface area contributed by atoms with E-state index >= 15 is 0 Å². The minimum Gasteiger partial charge on any atom is -0.468 e. The Bertz CT molecular complexity index is 476. The first kappa shape index (κ1) is 14.9. The van der Waals surface area contributed by atoms with E-state index in [0.29, 0.717) is 0 Å². The van der Waals surface area contributed by atoms with E-state index in [4.69, 9.17) is 0 Å². The van der Waals surface area contributed by atoms with Crippen molar-refractivity contribution in [2.24, 2.45) is 0 Å². The van der Waals surface area contributed by atoms with Crippen LogP contribution >= 0.6 is 11.8 Å². The molecule has 0 spiro atoms. The van der Waals surface area contributed by atoms with E-state index < -0.39 is 17.9 Å². The Balaban J connectivity index is 2.49. The molecule has 2 N–H and O–H groups in total. The Kier molecular flexibility index (Phi) is 5.73. The number of carbonyl (C=O) groups excluding carboxylic acids is 3. The number of ether oxygens (including phenoxy) is 1. The van der Waals surface area contributed by atoms with Crippen molar-refractivity contribution >= 4 is 29.7 Å². The fourth-order valence-electron chi connectivity index (χ4n) is 0.941. The van der Waals surface area contributed by atoms with Crippen LogP contribution in [0.4, 0.5) is 4.79 Å². The molecule has 0 saturated heterocycles. The topological polar surface area (TPSA) is 128 Å². The highest BCUT2D eigenvalue weighted by Gasteiger charge is 2.13. The third-order valence-electron chi connectivity index (χ3n) is 1.82. The molecular formula is C8H12N6O4S. The zero-order chi connectivity index (χ0) is 14.3. The minimum absolute atomic E-state index is 0.0605. The first-order valence-electron chi connectivity index (χ1n) is 5.04. The summed E-state index contributed by atoms with van der Waals surface area (Å²) in [4.78, 5) is 33.3. The molecule has 19 heavy (non-hydrogen) atoms. The van der Waals surface area contributed by atoms with Crippen molar-refractivity contribution in [3.05, 3.63) is 0 Å². The van der Waals surface area contributed by atoms with Crippen molar-refractivity contribution in [2.75, 3.05) is 19.9 Å². The van der Waals surface area contributed by atoms with Gasteiger partial charge in [-0.3, -0.25) is 14.9 Å². The van der Waals surface area contributed by atoms with Crippen LogP contribution in [0.25, 0.3) is 0 Å². The first-order valence-corrected chi connectivity index (χ1v) is 6.02. The maximum absolute atomic E-state index is 11.3. The number of hydrogen-bond acceptors (Lipinski definition) is 8. The average molecular weight is 288 g/mol. The van der Waals surface area contributed by atoms with Crippen molar-refractivity contribution in [1.29, 1.82) is 0 Å². The maximum atomic E-state index is 11.3. The van der Waals surface area contributed by atoms with E-state index in [9.17, 15) is 14.4 Å². The van der Waals surface area contributed by atoms with Gasteiger partial charge in [0.05, 0.1) is 12.9 Å². The molecule has 0 aliphatic heterocycles. The molecule has 0 aromatic carbocycles. The summed E-state index contributed by atoms with van der Waals surface area (Å²) in [6.45, 7) is -0.150. The van der Waals surface area contributed by atoms with Crippen LogP contribution in [0.1, 0.15) is 0 Å². The minimum atomic E-state index is -0.597. The summed E-state index contributed by atoms with van der Waals surface area (Å²) in [7, 11) is 2.64. The van der Waals surface area contributed by atoms with E-state index in [-0.39, 0.29) is 17.5 Å². The van der Waals surface area contributed by atoms with Gasteiger partial charge < -0.3 is 10.1 Å². The maximum Gasteiger partial charge on any atom is 0.327 e. The predicted octanol–water partition coefficient (Wildman–Crippen LogP) is -1.61. The van der Waals surface area contributed by atoms with Crippen molar-refractivity contribution in [3.8, 4) is 0 Å². The SMILES string of the molecule is CNC(=O)NC(=O)CSc1nnnn1CC(=O)OC. The van der Waals surface area contributed by atoms with E-state index in [2.05, 4.69) is 30.9 Å². The summed E-state index contributed by atoms with van der Waals surface area (Å²) in [5.41, 5.74) is 0. The van der Waals surface area contributed by atoms with Gasteiger partial charge in [-0.25, -0.2) is 9.48 Å². The lowest BCUT2D eigenvalue weighted by Crippen LogP contribution is -2.38. The van der Waals surface area contributed by atoms with E-state index in [1.165, 1.54) is 18.8 Å². The molecule has 0 aliphatic rings. The molecule has 1 heterocycles. The lowest BCUT2D eigenvalue weighted by molar-refractivity contribution is -0.141. The zero-order valence-corrected chi connectivity index (χ0v) is 11.1. The molecule has 0 unspecified atom stereocenters. The molecule has 0 aliphatic carbocycles. The Hall–Kier alpha value is -2.17. The number of thioether (sulfide) groups is 1. The van der Waals surface area contributed by atoms with E-state index in [0.717, 1.165) is 11.8 Å². The molecule has 1 rings (SSSR count). The van der Waals surface area contributed by atoms with Gasteiger partial charge in [0.2, 0.25) is 11.1 Å². The number of aromatic nitrogens is 4. The second-order valence-corrected chi connectivity index (χ2v) is 4.05. The number of tetrazole rings is 1. The summed E-state index contributed by atoms with van der Waals surface area (Å²) < 4.78 is 5.67. The number of carbonyl (C=O) groups is 3. The van der Waals surface area contributed by atoms with Crippen LogP contribution in [0, 0.1) is 0 Å². The van der Waals surface area contributed by atoms with Crippen LogP contribution in [0.5, 0.6) is 0 Å². The predicted molar refractivity (Wildman–Crippen MR) is 63.2 cm³/mol. The number of amides is 3. The number of nitrogens with one attached hydrogen (secondary N) is 2. The molecule has 1 aromatic rings. The van der Waals surface area contributed by atoms with Gasteiger partial charge in [0.15, 0.2) is 0 Å². The molecule has 0 bridgehead atoms. The lowest BCUT2D eigenvalue weighted by Gasteiger charge is -2.03. The molecule has 0 radical (unpaired) electrons. The monoisotopic (exact) mass is 288 g/mol. The van der Waals surface area contributed by atoms with Gasteiger partial charge in [-0.1, -0.05) is 11.8 Å². The number of urea groups is 1. The average Bonchev–Trinajstić information content (AvgIpc) is 2.83. The quantitative estimate of drug-likeness (QED) is 0.489. The van der Waals surface area contributed by atoms with Crippen LogP contribution < -0.4 is 10.6 Å². The summed E-state index contributed by atoms with van der Waals surface area (Å²) in [5.74, 6) is -1.07. The normalized spacial score (nSPS) is 9.79. The number of nitrogens with zero attached hydrogens (tertiary/aromatic N) is 4. The largest absolute Gasteiger partial charge is 0.468 e. The number of hydrogen-bond donors (Lipinski definition) is 2. The number of methoxy groups -OCH3 is 1. The number of imide groups is 1. The summed E-state index contributed by atoms with van der Waals surface area (Å²) in [5, 5.41) is 15.2. The molecule has 11 heteroatoms. The molecule has 10 nitrogen and oxygen atoms in total. The molecule has 0 saturated carbocycles. The van der Waals surface area contributed by atoms with E-state index in [1.54, 1.807) is 0 Å². The lowest BCUT2D eigenvalue weighted by atomic mass is 10.7. The standard InChI is InChI=1S/C8H12N6O4S/c1-9-7(17)10-5(15)4-19-8-11-12-13-14(8)3-6(16)18-2/h3-4H2,1-2H3,(H2,9,10,15,17). The zero-order valence-electron chi connectivity index (χ0n) is 10.2. The summed E-state index contributed by atoms with van der Waals surface area (Å²) >= 11 is 0.994. The summed E-state index contributed by atoms with van der Waals surface area (Å²) in [6.07, 6.45) is 0. The molecule has 3 amide bonds. The Morgan fingerprint density at radius 1 is 1.42 bits per heavy atom. The highest BCUT2D eigenvalue weighted by molar-refractivity contribution is 7.99. The highest BCUT2D eigenvalue weighted by Crippen LogP contribution is 2.12. The Labute approximate surface area is 112 Å². The van der Waals surface area contributed by atoms with Gasteiger partial charge >= 0.3 is 12.0 Å². The van der Waals surface area contributed by atoms with Crippen LogP contribution in [-0.4, -0.2) is 58.0 Å². The fraction of sp³-hybridized carbons (Fsp3) is 0.500. The molecule has 104 valence electrons. The summed E-state index contributed by atoms with van der Waals surface area (Å²) in [6, 6.07) is -0.597. The second-order valence-electron chi connectivity index (χ2n) is 3.11. The van der Waals surface area contributed by atoms with Crippen LogP contribution in [0.3, 0.4) is 0 Å². The smallest absolute Gasteiger partial charge is 0.327 e. The highest BCUT2D eigenvalue weighted by atomic mass is 32.2. The van der Waals surface area contributed by atoms with Gasteiger partial charge in [-0.2, -0.15) is 0 Å². The number of rotatable bonds is 5. The first-order chi connectivity index (χ1) is 9.06. The third-order valence-corrected chi connectivity index (χ3v) is 2.78. The molecular weight excluding hydrogens is 276 g/mol. The van der Waals surface area contributed by atoms with E-state index in [1.807, 2.05) is 0 Å². The fourth-order valence-corrected chi connectivity index (χ4v) is 1.62. The molecule has 1 aromatic heterocycles.